The van der Waals surface area contributed by atoms with Crippen LogP contribution in [0.3, 0.4) is 0 Å². The number of nitrogens with one attached hydrogen (secondary N) is 1. The van der Waals surface area contributed by atoms with Crippen LogP contribution in [0.4, 0.5) is 11.4 Å². The van der Waals surface area contributed by atoms with E-state index in [4.69, 9.17) is 17.3 Å². The van der Waals surface area contributed by atoms with Crippen molar-refractivity contribution in [3.63, 3.8) is 0 Å². The molecule has 14 heavy (non-hydrogen) atoms. The van der Waals surface area contributed by atoms with Gasteiger partial charge in [-0.3, -0.25) is 4.98 Å². The van der Waals surface area contributed by atoms with E-state index in [1.165, 1.54) is 5.57 Å². The maximum atomic E-state index is 5.92. The van der Waals surface area contributed by atoms with Crippen molar-refractivity contribution in [3.05, 3.63) is 29.1 Å². The SMILES string of the molecule is CC(C)=CCNc1c(N)cncc1Cl. The summed E-state index contributed by atoms with van der Waals surface area (Å²) in [5.41, 5.74) is 8.28. The minimum atomic E-state index is 0.548. The molecule has 1 rings (SSSR count). The van der Waals surface area contributed by atoms with Crippen molar-refractivity contribution in [3.8, 4) is 0 Å². The molecule has 0 spiro atoms. The zero-order valence-electron chi connectivity index (χ0n) is 8.34. The molecule has 1 heterocycles. The van der Waals surface area contributed by atoms with Gasteiger partial charge in [-0.25, -0.2) is 0 Å². The standard InChI is InChI=1S/C10H14ClN3/c1-7(2)3-4-14-10-8(11)5-13-6-9(10)12/h3,5-6H,4,12H2,1-2H3,(H,13,14). The van der Waals surface area contributed by atoms with E-state index in [0.717, 1.165) is 12.2 Å². The van der Waals surface area contributed by atoms with Crippen molar-refractivity contribution in [2.75, 3.05) is 17.6 Å². The second-order valence-corrected chi connectivity index (χ2v) is 3.66. The molecule has 0 fully saturated rings. The number of nitrogen functional groups attached to an aromatic ring is 1. The highest BCUT2D eigenvalue weighted by atomic mass is 35.5. The molecule has 3 N–H and O–H groups in total. The van der Waals surface area contributed by atoms with Crippen molar-refractivity contribution in [2.45, 2.75) is 13.8 Å². The van der Waals surface area contributed by atoms with Crippen molar-refractivity contribution < 1.29 is 0 Å². The highest BCUT2D eigenvalue weighted by Gasteiger charge is 2.02. The van der Waals surface area contributed by atoms with Crippen LogP contribution in [0.2, 0.25) is 5.02 Å². The van der Waals surface area contributed by atoms with Crippen LogP contribution in [0.5, 0.6) is 0 Å². The Morgan fingerprint density at radius 3 is 2.86 bits per heavy atom. The predicted molar refractivity (Wildman–Crippen MR) is 61.6 cm³/mol. The highest BCUT2D eigenvalue weighted by molar-refractivity contribution is 6.33. The lowest BCUT2D eigenvalue weighted by molar-refractivity contribution is 1.25. The molecule has 0 saturated heterocycles. The van der Waals surface area contributed by atoms with Gasteiger partial charge in [0.25, 0.3) is 0 Å². The van der Waals surface area contributed by atoms with Crippen LogP contribution in [-0.2, 0) is 0 Å². The summed E-state index contributed by atoms with van der Waals surface area (Å²) in [4.78, 5) is 3.88. The van der Waals surface area contributed by atoms with Crippen LogP contribution >= 0.6 is 11.6 Å². The van der Waals surface area contributed by atoms with Crippen LogP contribution in [0.25, 0.3) is 0 Å². The maximum absolute atomic E-state index is 5.92. The number of pyridine rings is 1. The summed E-state index contributed by atoms with van der Waals surface area (Å²) in [7, 11) is 0. The molecular formula is C10H14ClN3. The molecule has 0 aliphatic heterocycles. The van der Waals surface area contributed by atoms with Crippen LogP contribution < -0.4 is 11.1 Å². The third-order valence-corrected chi connectivity index (χ3v) is 2.00. The van der Waals surface area contributed by atoms with Crippen molar-refractivity contribution in [1.29, 1.82) is 0 Å². The molecule has 0 aromatic carbocycles. The normalized spacial score (nSPS) is 9.64. The maximum Gasteiger partial charge on any atom is 0.0841 e. The molecule has 0 saturated carbocycles. The average molecular weight is 212 g/mol. The van der Waals surface area contributed by atoms with E-state index in [2.05, 4.69) is 16.4 Å². The molecule has 76 valence electrons. The average Bonchev–Trinajstić information content (AvgIpc) is 2.09. The molecule has 0 unspecified atom stereocenters. The monoisotopic (exact) mass is 211 g/mol. The Bertz CT molecular complexity index is 323. The van der Waals surface area contributed by atoms with Gasteiger partial charge in [0.1, 0.15) is 0 Å². The molecule has 0 aliphatic carbocycles. The summed E-state index contributed by atoms with van der Waals surface area (Å²) in [6, 6.07) is 0. The largest absolute Gasteiger partial charge is 0.396 e. The summed E-state index contributed by atoms with van der Waals surface area (Å²) < 4.78 is 0. The Labute approximate surface area is 89.0 Å². The minimum absolute atomic E-state index is 0.548. The summed E-state index contributed by atoms with van der Waals surface area (Å²) in [6.45, 7) is 4.80. The molecule has 0 aliphatic rings. The van der Waals surface area contributed by atoms with Crippen molar-refractivity contribution in [1.82, 2.24) is 4.98 Å². The Balaban J connectivity index is 2.71. The zero-order chi connectivity index (χ0) is 10.6. The van der Waals surface area contributed by atoms with Crippen LogP contribution in [0, 0.1) is 0 Å². The second kappa shape index (κ2) is 4.86. The van der Waals surface area contributed by atoms with Gasteiger partial charge in [-0.2, -0.15) is 0 Å². The van der Waals surface area contributed by atoms with E-state index >= 15 is 0 Å². The van der Waals surface area contributed by atoms with E-state index in [-0.39, 0.29) is 0 Å². The molecule has 0 radical (unpaired) electrons. The van der Waals surface area contributed by atoms with E-state index < -0.39 is 0 Å². The minimum Gasteiger partial charge on any atom is -0.396 e. The van der Waals surface area contributed by atoms with Gasteiger partial charge < -0.3 is 11.1 Å². The van der Waals surface area contributed by atoms with Crippen LogP contribution in [-0.4, -0.2) is 11.5 Å². The first-order valence-corrected chi connectivity index (χ1v) is 4.75. The van der Waals surface area contributed by atoms with Crippen LogP contribution in [0.1, 0.15) is 13.8 Å². The van der Waals surface area contributed by atoms with E-state index in [9.17, 15) is 0 Å². The predicted octanol–water partition coefficient (Wildman–Crippen LogP) is 2.70. The molecule has 1 aromatic rings. The topological polar surface area (TPSA) is 50.9 Å². The smallest absolute Gasteiger partial charge is 0.0841 e. The molecule has 1 aromatic heterocycles. The van der Waals surface area contributed by atoms with Gasteiger partial charge in [0.05, 0.1) is 22.6 Å². The van der Waals surface area contributed by atoms with E-state index in [1.807, 2.05) is 13.8 Å². The molecule has 3 nitrogen and oxygen atoms in total. The van der Waals surface area contributed by atoms with Gasteiger partial charge in [0.15, 0.2) is 0 Å². The van der Waals surface area contributed by atoms with E-state index in [1.54, 1.807) is 12.4 Å². The lowest BCUT2D eigenvalue weighted by Crippen LogP contribution is -2.03. The van der Waals surface area contributed by atoms with Gasteiger partial charge in [-0.1, -0.05) is 23.3 Å². The van der Waals surface area contributed by atoms with Gasteiger partial charge in [-0.15, -0.1) is 0 Å². The number of hydrogen-bond acceptors (Lipinski definition) is 3. The number of aromatic nitrogens is 1. The third-order valence-electron chi connectivity index (χ3n) is 1.72. The Morgan fingerprint density at radius 2 is 2.29 bits per heavy atom. The number of anilines is 2. The summed E-state index contributed by atoms with van der Waals surface area (Å²) in [6.07, 6.45) is 5.22. The molecule has 0 bridgehead atoms. The van der Waals surface area contributed by atoms with Gasteiger partial charge >= 0.3 is 0 Å². The fourth-order valence-electron chi connectivity index (χ4n) is 0.994. The first-order valence-electron chi connectivity index (χ1n) is 4.37. The molecule has 4 heteroatoms. The van der Waals surface area contributed by atoms with Crippen molar-refractivity contribution >= 4 is 23.0 Å². The number of nitrogens with zero attached hydrogens (tertiary/aromatic N) is 1. The quantitative estimate of drug-likeness (QED) is 0.756. The summed E-state index contributed by atoms with van der Waals surface area (Å²) in [5.74, 6) is 0. The summed E-state index contributed by atoms with van der Waals surface area (Å²) >= 11 is 5.92. The third kappa shape index (κ3) is 2.92. The fraction of sp³-hybridized carbons (Fsp3) is 0.300. The Kier molecular flexibility index (Phi) is 3.77. The number of rotatable bonds is 3. The fourth-order valence-corrected chi connectivity index (χ4v) is 1.23. The van der Waals surface area contributed by atoms with Gasteiger partial charge in [-0.05, 0) is 13.8 Å². The molecule has 0 atom stereocenters. The second-order valence-electron chi connectivity index (χ2n) is 3.25. The Hall–Kier alpha value is -1.22. The first kappa shape index (κ1) is 10.9. The molecule has 0 amide bonds. The molecular weight excluding hydrogens is 198 g/mol. The zero-order valence-corrected chi connectivity index (χ0v) is 9.10. The number of halogens is 1. The summed E-state index contributed by atoms with van der Waals surface area (Å²) in [5, 5.41) is 3.69. The van der Waals surface area contributed by atoms with Gasteiger partial charge in [0.2, 0.25) is 0 Å². The van der Waals surface area contributed by atoms with Crippen molar-refractivity contribution in [2.24, 2.45) is 0 Å². The lowest BCUT2D eigenvalue weighted by Gasteiger charge is -2.08. The lowest BCUT2D eigenvalue weighted by atomic mass is 10.3. The number of nitrogens with two attached hydrogens (primary N) is 1. The van der Waals surface area contributed by atoms with Crippen LogP contribution in [0.15, 0.2) is 24.0 Å². The highest BCUT2D eigenvalue weighted by Crippen LogP contribution is 2.26. The Morgan fingerprint density at radius 1 is 1.57 bits per heavy atom. The number of allylic oxidation sites excluding steroid dienone is 1. The van der Waals surface area contributed by atoms with E-state index in [0.29, 0.717) is 10.7 Å². The van der Waals surface area contributed by atoms with Gasteiger partial charge in [0, 0.05) is 12.7 Å². The first-order chi connectivity index (χ1) is 6.61. The number of hydrogen-bond donors (Lipinski definition) is 2.